The van der Waals surface area contributed by atoms with Gasteiger partial charge in [-0.25, -0.2) is 9.79 Å². The van der Waals surface area contributed by atoms with Crippen molar-refractivity contribution in [3.63, 3.8) is 0 Å². The van der Waals surface area contributed by atoms with Gasteiger partial charge in [0.2, 0.25) is 6.08 Å². The van der Waals surface area contributed by atoms with Gasteiger partial charge in [-0.15, -0.1) is 0 Å². The highest BCUT2D eigenvalue weighted by molar-refractivity contribution is 6.44. The zero-order valence-electron chi connectivity index (χ0n) is 9.32. The molecule has 0 aliphatic heterocycles. The lowest BCUT2D eigenvalue weighted by atomic mass is 10.1. The van der Waals surface area contributed by atoms with E-state index in [4.69, 9.17) is 8.85 Å². The number of hydrogen-bond donors (Lipinski definition) is 0. The van der Waals surface area contributed by atoms with Gasteiger partial charge in [0.15, 0.2) is 0 Å². The standard InChI is InChI=1S/C9H19NO3Si/c1-8(2)5-9(10-7-11)6-14(12-3)13-4/h8-9,14H,5-6H2,1-4H3. The number of hydrogen-bond acceptors (Lipinski definition) is 4. The van der Waals surface area contributed by atoms with Crippen molar-refractivity contribution in [2.75, 3.05) is 14.2 Å². The molecular formula is C9H19NO3Si. The molecule has 82 valence electrons. The summed E-state index contributed by atoms with van der Waals surface area (Å²) in [5, 5.41) is 0. The van der Waals surface area contributed by atoms with Crippen molar-refractivity contribution in [3.8, 4) is 0 Å². The summed E-state index contributed by atoms with van der Waals surface area (Å²) in [5.41, 5.74) is 0. The minimum absolute atomic E-state index is 0.00377. The van der Waals surface area contributed by atoms with Gasteiger partial charge in [-0.05, 0) is 12.3 Å². The number of aliphatic imine (C=N–C) groups is 1. The van der Waals surface area contributed by atoms with E-state index >= 15 is 0 Å². The maximum atomic E-state index is 10.2. The van der Waals surface area contributed by atoms with Crippen molar-refractivity contribution in [1.29, 1.82) is 0 Å². The van der Waals surface area contributed by atoms with Gasteiger partial charge < -0.3 is 8.85 Å². The molecule has 1 atom stereocenters. The van der Waals surface area contributed by atoms with Gasteiger partial charge in [-0.1, -0.05) is 13.8 Å². The third kappa shape index (κ3) is 6.04. The summed E-state index contributed by atoms with van der Waals surface area (Å²) in [4.78, 5) is 14.0. The Kier molecular flexibility index (Phi) is 7.61. The topological polar surface area (TPSA) is 47.9 Å². The average molecular weight is 217 g/mol. The SMILES string of the molecule is CO[SiH](CC(CC(C)C)N=C=O)OC. The zero-order chi connectivity index (χ0) is 11.0. The van der Waals surface area contributed by atoms with E-state index in [0.29, 0.717) is 5.92 Å². The molecule has 0 amide bonds. The number of nitrogens with zero attached hydrogens (tertiary/aromatic N) is 1. The zero-order valence-corrected chi connectivity index (χ0v) is 10.5. The lowest BCUT2D eigenvalue weighted by Crippen LogP contribution is -2.25. The molecule has 0 aliphatic rings. The molecule has 0 N–H and O–H groups in total. The molecule has 0 spiro atoms. The summed E-state index contributed by atoms with van der Waals surface area (Å²) in [6, 6.07) is 0.740. The monoisotopic (exact) mass is 217 g/mol. The summed E-state index contributed by atoms with van der Waals surface area (Å²) in [6.45, 7) is 4.20. The molecule has 0 rings (SSSR count). The molecule has 0 bridgehead atoms. The Hall–Kier alpha value is -0.483. The van der Waals surface area contributed by atoms with E-state index in [1.165, 1.54) is 0 Å². The van der Waals surface area contributed by atoms with Crippen molar-refractivity contribution >= 4 is 15.4 Å². The molecule has 0 aromatic heterocycles. The molecule has 0 saturated carbocycles. The fraction of sp³-hybridized carbons (Fsp3) is 0.889. The van der Waals surface area contributed by atoms with Gasteiger partial charge >= 0.3 is 9.28 Å². The van der Waals surface area contributed by atoms with Crippen LogP contribution in [-0.4, -0.2) is 35.6 Å². The lowest BCUT2D eigenvalue weighted by molar-refractivity contribution is 0.272. The fourth-order valence-electron chi connectivity index (χ4n) is 1.33. The quantitative estimate of drug-likeness (QED) is 0.366. The third-order valence-electron chi connectivity index (χ3n) is 1.97. The van der Waals surface area contributed by atoms with Crippen LogP contribution in [0.1, 0.15) is 20.3 Å². The van der Waals surface area contributed by atoms with Crippen LogP contribution >= 0.6 is 0 Å². The first-order chi connectivity index (χ1) is 6.63. The van der Waals surface area contributed by atoms with Gasteiger partial charge in [0.25, 0.3) is 0 Å². The van der Waals surface area contributed by atoms with Crippen molar-refractivity contribution in [1.82, 2.24) is 0 Å². The lowest BCUT2D eigenvalue weighted by Gasteiger charge is -2.17. The first-order valence-electron chi connectivity index (χ1n) is 4.76. The second-order valence-electron chi connectivity index (χ2n) is 3.64. The Morgan fingerprint density at radius 2 is 1.93 bits per heavy atom. The maximum absolute atomic E-state index is 10.2. The molecule has 0 heterocycles. The second-order valence-corrected chi connectivity index (χ2v) is 5.91. The predicted octanol–water partition coefficient (Wildman–Crippen LogP) is 1.25. The smallest absolute Gasteiger partial charge is 0.323 e. The summed E-state index contributed by atoms with van der Waals surface area (Å²) >= 11 is 0. The summed E-state index contributed by atoms with van der Waals surface area (Å²) in [7, 11) is 1.66. The van der Waals surface area contributed by atoms with E-state index in [2.05, 4.69) is 18.8 Å². The predicted molar refractivity (Wildman–Crippen MR) is 57.3 cm³/mol. The second kappa shape index (κ2) is 7.88. The highest BCUT2D eigenvalue weighted by Crippen LogP contribution is 2.14. The number of rotatable bonds is 7. The first kappa shape index (κ1) is 13.5. The van der Waals surface area contributed by atoms with Crippen LogP contribution in [0.2, 0.25) is 6.04 Å². The van der Waals surface area contributed by atoms with E-state index in [0.717, 1.165) is 12.5 Å². The van der Waals surface area contributed by atoms with Crippen molar-refractivity contribution in [2.24, 2.45) is 10.9 Å². The number of carbonyl (C=O) groups excluding carboxylic acids is 1. The molecule has 0 aliphatic carbocycles. The van der Waals surface area contributed by atoms with Gasteiger partial charge in [0, 0.05) is 20.3 Å². The third-order valence-corrected chi connectivity index (χ3v) is 3.95. The molecule has 0 saturated heterocycles. The van der Waals surface area contributed by atoms with Gasteiger partial charge in [0.1, 0.15) is 0 Å². The summed E-state index contributed by atoms with van der Waals surface area (Å²) in [6.07, 6.45) is 2.49. The normalized spacial score (nSPS) is 13.0. The minimum Gasteiger partial charge on any atom is -0.400 e. The van der Waals surface area contributed by atoms with Gasteiger partial charge in [-0.3, -0.25) is 0 Å². The molecular weight excluding hydrogens is 198 g/mol. The van der Waals surface area contributed by atoms with Crippen molar-refractivity contribution in [3.05, 3.63) is 0 Å². The van der Waals surface area contributed by atoms with E-state index in [-0.39, 0.29) is 6.04 Å². The van der Waals surface area contributed by atoms with Crippen LogP contribution in [0.3, 0.4) is 0 Å². The van der Waals surface area contributed by atoms with Crippen molar-refractivity contribution in [2.45, 2.75) is 32.4 Å². The minimum atomic E-state index is -1.61. The molecule has 14 heavy (non-hydrogen) atoms. The Bertz CT molecular complexity index is 188. The Labute approximate surface area is 87.2 Å². The highest BCUT2D eigenvalue weighted by Gasteiger charge is 2.18. The highest BCUT2D eigenvalue weighted by atomic mass is 28.3. The number of isocyanates is 1. The average Bonchev–Trinajstić information content (AvgIpc) is 2.13. The maximum Gasteiger partial charge on any atom is 0.323 e. The molecule has 0 aromatic rings. The Morgan fingerprint density at radius 1 is 1.36 bits per heavy atom. The van der Waals surface area contributed by atoms with Crippen molar-refractivity contribution < 1.29 is 13.6 Å². The molecule has 4 nitrogen and oxygen atoms in total. The Morgan fingerprint density at radius 3 is 2.29 bits per heavy atom. The van der Waals surface area contributed by atoms with Crippen LogP contribution in [-0.2, 0) is 13.6 Å². The first-order valence-corrected chi connectivity index (χ1v) is 6.52. The van der Waals surface area contributed by atoms with E-state index < -0.39 is 9.28 Å². The van der Waals surface area contributed by atoms with Gasteiger partial charge in [0.05, 0.1) is 6.04 Å². The fourth-order valence-corrected chi connectivity index (χ4v) is 2.65. The van der Waals surface area contributed by atoms with Gasteiger partial charge in [-0.2, -0.15) is 0 Å². The summed E-state index contributed by atoms with van der Waals surface area (Å²) in [5.74, 6) is 0.514. The Balaban J connectivity index is 4.13. The van der Waals surface area contributed by atoms with Crippen LogP contribution in [0.25, 0.3) is 0 Å². The molecule has 0 radical (unpaired) electrons. The van der Waals surface area contributed by atoms with E-state index in [9.17, 15) is 4.79 Å². The van der Waals surface area contributed by atoms with Crippen LogP contribution in [0.4, 0.5) is 0 Å². The van der Waals surface area contributed by atoms with E-state index in [1.807, 2.05) is 0 Å². The molecule has 0 fully saturated rings. The van der Waals surface area contributed by atoms with Crippen LogP contribution in [0.5, 0.6) is 0 Å². The molecule has 1 unspecified atom stereocenters. The van der Waals surface area contributed by atoms with Crippen LogP contribution in [0.15, 0.2) is 4.99 Å². The largest absolute Gasteiger partial charge is 0.400 e. The van der Waals surface area contributed by atoms with Crippen LogP contribution < -0.4 is 0 Å². The van der Waals surface area contributed by atoms with E-state index in [1.54, 1.807) is 20.3 Å². The summed E-state index contributed by atoms with van der Waals surface area (Å²) < 4.78 is 10.4. The van der Waals surface area contributed by atoms with Crippen LogP contribution in [0, 0.1) is 5.92 Å². The molecule has 0 aromatic carbocycles. The molecule has 5 heteroatoms.